The van der Waals surface area contributed by atoms with Crippen molar-refractivity contribution in [3.63, 3.8) is 0 Å². The van der Waals surface area contributed by atoms with E-state index in [2.05, 4.69) is 20.5 Å². The zero-order valence-corrected chi connectivity index (χ0v) is 12.2. The summed E-state index contributed by atoms with van der Waals surface area (Å²) in [5.74, 6) is 0.227. The lowest BCUT2D eigenvalue weighted by molar-refractivity contribution is -0.128. The molecular weight excluding hydrogens is 270 g/mol. The fourth-order valence-corrected chi connectivity index (χ4v) is 1.77. The third-order valence-corrected chi connectivity index (χ3v) is 3.01. The third-order valence-electron chi connectivity index (χ3n) is 3.01. The maximum atomic E-state index is 12.1. The zero-order valence-electron chi connectivity index (χ0n) is 12.2. The van der Waals surface area contributed by atoms with Gasteiger partial charge in [-0.25, -0.2) is 4.98 Å². The van der Waals surface area contributed by atoms with Crippen LogP contribution in [0.1, 0.15) is 28.9 Å². The van der Waals surface area contributed by atoms with Gasteiger partial charge in [-0.15, -0.1) is 5.10 Å². The number of benzene rings is 1. The summed E-state index contributed by atoms with van der Waals surface area (Å²) in [6.45, 7) is 3.63. The van der Waals surface area contributed by atoms with Gasteiger partial charge in [-0.05, 0) is 18.6 Å². The molecule has 1 aromatic carbocycles. The normalized spacial score (nSPS) is 10.2. The lowest BCUT2D eigenvalue weighted by Crippen LogP contribution is -2.24. The van der Waals surface area contributed by atoms with Gasteiger partial charge < -0.3 is 10.2 Å². The quantitative estimate of drug-likeness (QED) is 0.888. The van der Waals surface area contributed by atoms with E-state index >= 15 is 0 Å². The number of hydrogen-bond donors (Lipinski definition) is 2. The molecule has 7 nitrogen and oxygen atoms in total. The number of nitrogens with zero attached hydrogens (tertiary/aromatic N) is 3. The van der Waals surface area contributed by atoms with Gasteiger partial charge in [-0.3, -0.25) is 14.7 Å². The molecule has 1 heterocycles. The molecule has 2 aromatic rings. The van der Waals surface area contributed by atoms with Gasteiger partial charge in [0.1, 0.15) is 5.82 Å². The highest BCUT2D eigenvalue weighted by Crippen LogP contribution is 2.17. The molecule has 0 aliphatic rings. The second-order valence-corrected chi connectivity index (χ2v) is 4.73. The molecule has 2 rings (SSSR count). The van der Waals surface area contributed by atoms with Crippen LogP contribution < -0.4 is 5.32 Å². The standard InChI is InChI=1S/C14H17N5O2/c1-9-15-13(18-17-9)14(21)16-12-7-5-4-6-11(12)8-19(3)10(2)20/h4-7H,8H2,1-3H3,(H,16,21)(H,15,17,18). The van der Waals surface area contributed by atoms with Crippen molar-refractivity contribution in [1.82, 2.24) is 20.1 Å². The van der Waals surface area contributed by atoms with Crippen LogP contribution in [0.5, 0.6) is 0 Å². The van der Waals surface area contributed by atoms with Crippen LogP contribution in [-0.2, 0) is 11.3 Å². The minimum absolute atomic E-state index is 0.0410. The van der Waals surface area contributed by atoms with Crippen molar-refractivity contribution in [3.8, 4) is 0 Å². The molecule has 0 saturated heterocycles. The summed E-state index contributed by atoms with van der Waals surface area (Å²) in [5.41, 5.74) is 1.48. The number of H-pyrrole nitrogens is 1. The highest BCUT2D eigenvalue weighted by atomic mass is 16.2. The van der Waals surface area contributed by atoms with E-state index < -0.39 is 5.91 Å². The molecule has 0 radical (unpaired) electrons. The third kappa shape index (κ3) is 3.65. The molecule has 0 spiro atoms. The van der Waals surface area contributed by atoms with Gasteiger partial charge in [-0.1, -0.05) is 18.2 Å². The highest BCUT2D eigenvalue weighted by Gasteiger charge is 2.14. The number of aryl methyl sites for hydroxylation is 1. The fraction of sp³-hybridized carbons (Fsp3) is 0.286. The highest BCUT2D eigenvalue weighted by molar-refractivity contribution is 6.01. The minimum Gasteiger partial charge on any atom is -0.342 e. The SMILES string of the molecule is CC(=O)N(C)Cc1ccccc1NC(=O)c1n[nH]c(C)n1. The first-order valence-electron chi connectivity index (χ1n) is 6.47. The molecule has 0 unspecified atom stereocenters. The van der Waals surface area contributed by atoms with Crippen LogP contribution >= 0.6 is 0 Å². The molecule has 0 atom stereocenters. The molecule has 0 saturated carbocycles. The Kier molecular flexibility index (Phi) is 4.32. The average Bonchev–Trinajstić information content (AvgIpc) is 2.87. The summed E-state index contributed by atoms with van der Waals surface area (Å²) in [6.07, 6.45) is 0. The molecule has 0 fully saturated rings. The van der Waals surface area contributed by atoms with Gasteiger partial charge in [-0.2, -0.15) is 0 Å². The summed E-state index contributed by atoms with van der Waals surface area (Å²) in [5, 5.41) is 9.20. The van der Waals surface area contributed by atoms with Crippen LogP contribution in [0.4, 0.5) is 5.69 Å². The molecule has 0 aliphatic heterocycles. The van der Waals surface area contributed by atoms with Crippen LogP contribution in [0.25, 0.3) is 0 Å². The predicted molar refractivity (Wildman–Crippen MR) is 77.7 cm³/mol. The largest absolute Gasteiger partial charge is 0.342 e. The molecular formula is C14H17N5O2. The van der Waals surface area contributed by atoms with E-state index in [4.69, 9.17) is 0 Å². The van der Waals surface area contributed by atoms with Crippen molar-refractivity contribution in [2.75, 3.05) is 12.4 Å². The predicted octanol–water partition coefficient (Wildman–Crippen LogP) is 1.34. The number of amides is 2. The molecule has 110 valence electrons. The Balaban J connectivity index is 2.16. The van der Waals surface area contributed by atoms with Gasteiger partial charge in [0.05, 0.1) is 0 Å². The minimum atomic E-state index is -0.391. The van der Waals surface area contributed by atoms with Crippen LogP contribution in [0, 0.1) is 6.92 Å². The van der Waals surface area contributed by atoms with E-state index in [1.54, 1.807) is 24.9 Å². The number of carbonyl (C=O) groups is 2. The number of carbonyl (C=O) groups excluding carboxylic acids is 2. The van der Waals surface area contributed by atoms with E-state index in [9.17, 15) is 9.59 Å². The van der Waals surface area contributed by atoms with E-state index in [-0.39, 0.29) is 11.7 Å². The summed E-state index contributed by atoms with van der Waals surface area (Å²) >= 11 is 0. The molecule has 1 aromatic heterocycles. The number of rotatable bonds is 4. The Morgan fingerprint density at radius 3 is 2.67 bits per heavy atom. The lowest BCUT2D eigenvalue weighted by atomic mass is 10.1. The van der Waals surface area contributed by atoms with Gasteiger partial charge >= 0.3 is 0 Å². The second kappa shape index (κ2) is 6.17. The lowest BCUT2D eigenvalue weighted by Gasteiger charge is -2.17. The molecule has 0 bridgehead atoms. The van der Waals surface area contributed by atoms with Crippen LogP contribution in [0.3, 0.4) is 0 Å². The van der Waals surface area contributed by atoms with E-state index in [1.165, 1.54) is 6.92 Å². The smallest absolute Gasteiger partial charge is 0.295 e. The van der Waals surface area contributed by atoms with Crippen molar-refractivity contribution in [2.45, 2.75) is 20.4 Å². The molecule has 2 amide bonds. The fourth-order valence-electron chi connectivity index (χ4n) is 1.77. The van der Waals surface area contributed by atoms with Crippen molar-refractivity contribution in [2.24, 2.45) is 0 Å². The molecule has 0 aliphatic carbocycles. The summed E-state index contributed by atoms with van der Waals surface area (Å²) in [6, 6.07) is 7.31. The number of hydrogen-bond acceptors (Lipinski definition) is 4. The Morgan fingerprint density at radius 1 is 1.33 bits per heavy atom. The van der Waals surface area contributed by atoms with Crippen LogP contribution in [0.15, 0.2) is 24.3 Å². The Labute approximate surface area is 122 Å². The topological polar surface area (TPSA) is 91.0 Å². The molecule has 21 heavy (non-hydrogen) atoms. The van der Waals surface area contributed by atoms with Gasteiger partial charge in [0.25, 0.3) is 5.91 Å². The summed E-state index contributed by atoms with van der Waals surface area (Å²) < 4.78 is 0. The van der Waals surface area contributed by atoms with Crippen molar-refractivity contribution in [3.05, 3.63) is 41.5 Å². The number of para-hydroxylation sites is 1. The summed E-state index contributed by atoms with van der Waals surface area (Å²) in [4.78, 5) is 28.9. The Hall–Kier alpha value is -2.70. The molecule has 7 heteroatoms. The van der Waals surface area contributed by atoms with Crippen LogP contribution in [0.2, 0.25) is 0 Å². The van der Waals surface area contributed by atoms with Crippen molar-refractivity contribution in [1.29, 1.82) is 0 Å². The Morgan fingerprint density at radius 2 is 2.05 bits per heavy atom. The number of nitrogens with one attached hydrogen (secondary N) is 2. The van der Waals surface area contributed by atoms with Crippen molar-refractivity contribution < 1.29 is 9.59 Å². The maximum absolute atomic E-state index is 12.1. The maximum Gasteiger partial charge on any atom is 0.295 e. The number of aromatic amines is 1. The van der Waals surface area contributed by atoms with Gasteiger partial charge in [0.2, 0.25) is 11.7 Å². The first-order chi connectivity index (χ1) is 9.97. The first-order valence-corrected chi connectivity index (χ1v) is 6.47. The van der Waals surface area contributed by atoms with Crippen molar-refractivity contribution >= 4 is 17.5 Å². The monoisotopic (exact) mass is 287 g/mol. The molecule has 2 N–H and O–H groups in total. The summed E-state index contributed by atoms with van der Waals surface area (Å²) in [7, 11) is 1.71. The van der Waals surface area contributed by atoms with E-state index in [0.29, 0.717) is 18.1 Å². The number of anilines is 1. The van der Waals surface area contributed by atoms with Gasteiger partial charge in [0.15, 0.2) is 0 Å². The van der Waals surface area contributed by atoms with Gasteiger partial charge in [0, 0.05) is 26.2 Å². The first kappa shape index (κ1) is 14.7. The van der Waals surface area contributed by atoms with E-state index in [0.717, 1.165) is 5.56 Å². The van der Waals surface area contributed by atoms with E-state index in [1.807, 2.05) is 18.2 Å². The average molecular weight is 287 g/mol. The van der Waals surface area contributed by atoms with Crippen LogP contribution in [-0.4, -0.2) is 38.9 Å². The zero-order chi connectivity index (χ0) is 15.4. The number of aromatic nitrogens is 3. The second-order valence-electron chi connectivity index (χ2n) is 4.73. The Bertz CT molecular complexity index is 665.